The standard InChI is InChI=1S/12Ag.6BFO2/c;;;;;;;;;;;;6*2-1(3)4/q12*+1;6*-2. The van der Waals surface area contributed by atoms with E-state index < -0.39 is 44.4 Å². The molecule has 36 heteroatoms. The van der Waals surface area contributed by atoms with Crippen LogP contribution in [0.5, 0.6) is 0 Å². The third kappa shape index (κ3) is 1030. The van der Waals surface area contributed by atoms with Gasteiger partial charge in [-0.1, -0.05) is 0 Å². The molecule has 0 fully saturated rings. The van der Waals surface area contributed by atoms with Gasteiger partial charge in [-0.25, -0.2) is 0 Å². The molecule has 0 atom stereocenters. The second-order valence-corrected chi connectivity index (χ2v) is 1.65. The van der Waals surface area contributed by atoms with Gasteiger partial charge in [0.1, 0.15) is 44.4 Å². The number of halogens is 6. The van der Waals surface area contributed by atoms with Crippen LogP contribution in [-0.2, 0) is 269 Å². The molecule has 0 aliphatic rings. The smallest absolute Gasteiger partial charge is 0.867 e. The molecule has 0 bridgehead atoms. The molecular formula is Ag12B6F6O12. The van der Waals surface area contributed by atoms with Crippen LogP contribution in [0.2, 0.25) is 0 Å². The average molecular weight is 1670 g/mol. The molecule has 36 heavy (non-hydrogen) atoms. The van der Waals surface area contributed by atoms with E-state index in [1.807, 2.05) is 0 Å². The minimum atomic E-state index is -3.17. The first-order valence-corrected chi connectivity index (χ1v) is 4.14. The van der Waals surface area contributed by atoms with Crippen LogP contribution in [0.15, 0.2) is 0 Å². The molecule has 0 saturated heterocycles. The van der Waals surface area contributed by atoms with Gasteiger partial charge in [0.05, 0.1) is 0 Å². The Morgan fingerprint density at radius 1 is 0.194 bits per heavy atom. The van der Waals surface area contributed by atoms with Crippen LogP contribution in [0.4, 0.5) is 25.9 Å². The van der Waals surface area contributed by atoms with Crippen molar-refractivity contribution in [2.75, 3.05) is 0 Å². The zero-order valence-corrected chi connectivity index (χ0v) is 32.0. The Labute approximate surface area is 391 Å². The minimum Gasteiger partial charge on any atom is -0.867 e. The molecule has 0 rings (SSSR count). The Morgan fingerprint density at radius 2 is 0.194 bits per heavy atom. The van der Waals surface area contributed by atoms with Crippen molar-refractivity contribution in [1.29, 1.82) is 0 Å². The summed E-state index contributed by atoms with van der Waals surface area (Å²) in [7, 11) is -19.0. The van der Waals surface area contributed by atoms with Crippen LogP contribution < -0.4 is 60.3 Å². The number of hydrogen-bond acceptors (Lipinski definition) is 12. The summed E-state index contributed by atoms with van der Waals surface area (Å²) in [5.41, 5.74) is 0. The van der Waals surface area contributed by atoms with E-state index in [1.54, 1.807) is 0 Å². The van der Waals surface area contributed by atoms with Gasteiger partial charge in [0.15, 0.2) is 0 Å². The van der Waals surface area contributed by atoms with Crippen molar-refractivity contribution in [3.63, 3.8) is 0 Å². The van der Waals surface area contributed by atoms with Crippen molar-refractivity contribution >= 4 is 44.4 Å². The number of rotatable bonds is 0. The first-order chi connectivity index (χ1) is 10.4. The minimum absolute atomic E-state index is 0. The summed E-state index contributed by atoms with van der Waals surface area (Å²) in [5.74, 6) is 0. The zero-order chi connectivity index (χ0) is 21.5. The third-order valence-corrected chi connectivity index (χ3v) is 0. The van der Waals surface area contributed by atoms with Crippen molar-refractivity contribution in [3.8, 4) is 0 Å². The van der Waals surface area contributed by atoms with Crippen LogP contribution in [0.25, 0.3) is 0 Å². The summed E-state index contributed by atoms with van der Waals surface area (Å²) in [5, 5.41) is 99.7. The molecular weight excluding hydrogens is 1670 g/mol. The van der Waals surface area contributed by atoms with Gasteiger partial charge in [-0.15, -0.1) is 0 Å². The van der Waals surface area contributed by atoms with Gasteiger partial charge in [-0.3, -0.25) is 0 Å². The van der Waals surface area contributed by atoms with E-state index in [4.69, 9.17) is 60.3 Å². The first-order valence-electron chi connectivity index (χ1n) is 4.14. The van der Waals surface area contributed by atoms with Gasteiger partial charge < -0.3 is 86.2 Å². The fourth-order valence-corrected chi connectivity index (χ4v) is 0. The summed E-state index contributed by atoms with van der Waals surface area (Å²) < 4.78 is 59.3. The van der Waals surface area contributed by atoms with Gasteiger partial charge in [0.25, 0.3) is 0 Å². The largest absolute Gasteiger partial charge is 1.00 e. The molecule has 0 N–H and O–H groups in total. The molecule has 0 aliphatic heterocycles. The fourth-order valence-electron chi connectivity index (χ4n) is 0. The van der Waals surface area contributed by atoms with E-state index in [9.17, 15) is 25.9 Å². The molecule has 0 aliphatic carbocycles. The van der Waals surface area contributed by atoms with Crippen LogP contribution in [-0.4, -0.2) is 44.4 Å². The Kier molecular flexibility index (Phi) is 373. The molecule has 0 aromatic rings. The fraction of sp³-hybridized carbons (Fsp3) is 0. The Bertz CT molecular complexity index is 144. The molecule has 0 spiro atoms. The summed E-state index contributed by atoms with van der Waals surface area (Å²) in [6.45, 7) is 0. The molecule has 0 heterocycles. The Balaban J connectivity index is -0.00000000633. The maximum atomic E-state index is 9.89. The zero-order valence-electron chi connectivity index (χ0n) is 14.2. The van der Waals surface area contributed by atoms with Crippen LogP contribution >= 0.6 is 0 Å². The molecule has 12 nitrogen and oxygen atoms in total. The van der Waals surface area contributed by atoms with Crippen LogP contribution in [0, 0.1) is 0 Å². The summed E-state index contributed by atoms with van der Waals surface area (Å²) in [4.78, 5) is 0. The molecule has 0 unspecified atom stereocenters. The molecule has 0 amide bonds. The van der Waals surface area contributed by atoms with E-state index >= 15 is 0 Å². The van der Waals surface area contributed by atoms with Crippen LogP contribution in [0.1, 0.15) is 0 Å². The summed E-state index contributed by atoms with van der Waals surface area (Å²) in [6.07, 6.45) is 0. The summed E-state index contributed by atoms with van der Waals surface area (Å²) in [6, 6.07) is 0. The van der Waals surface area contributed by atoms with Gasteiger partial charge >= 0.3 is 269 Å². The Morgan fingerprint density at radius 3 is 0.194 bits per heavy atom. The van der Waals surface area contributed by atoms with E-state index in [2.05, 4.69) is 0 Å². The van der Waals surface area contributed by atoms with Crippen molar-refractivity contribution in [2.45, 2.75) is 0 Å². The Hall–Kier alpha value is 8.37. The molecule has 0 radical (unpaired) electrons. The quantitative estimate of drug-likeness (QED) is 0.162. The molecule has 0 aromatic heterocycles. The monoisotopic (exact) mass is 1650 g/mol. The predicted octanol–water partition coefficient (Wildman–Crippen LogP) is -14.1. The van der Waals surface area contributed by atoms with Crippen molar-refractivity contribution in [2.24, 2.45) is 0 Å². The maximum absolute atomic E-state index is 9.89. The molecule has 264 valence electrons. The van der Waals surface area contributed by atoms with E-state index in [-0.39, 0.29) is 269 Å². The maximum Gasteiger partial charge on any atom is 1.00 e. The number of hydrogen-bond donors (Lipinski definition) is 0. The van der Waals surface area contributed by atoms with Crippen molar-refractivity contribution in [3.05, 3.63) is 0 Å². The van der Waals surface area contributed by atoms with Crippen molar-refractivity contribution < 1.29 is 355 Å². The van der Waals surface area contributed by atoms with Gasteiger partial charge in [-0.05, 0) is 0 Å². The SMILES string of the molecule is [Ag+].[Ag+].[Ag+].[Ag+].[Ag+].[Ag+].[Ag+].[Ag+].[Ag+].[Ag+].[Ag+].[Ag+].[O-]B([O-])F.[O-]B([O-])F.[O-]B([O-])F.[O-]B([O-])F.[O-]B([O-])F.[O-]B([O-])F. The second-order valence-electron chi connectivity index (χ2n) is 1.65. The normalized spacial score (nSPS) is 4.50. The van der Waals surface area contributed by atoms with E-state index in [0.717, 1.165) is 0 Å². The van der Waals surface area contributed by atoms with Gasteiger partial charge in [0.2, 0.25) is 0 Å². The summed E-state index contributed by atoms with van der Waals surface area (Å²) >= 11 is 0. The average Bonchev–Trinajstić information content (AvgIpc) is 2.08. The van der Waals surface area contributed by atoms with Gasteiger partial charge in [-0.2, -0.15) is 0 Å². The van der Waals surface area contributed by atoms with Crippen molar-refractivity contribution in [1.82, 2.24) is 0 Å². The molecule has 0 saturated carbocycles. The second kappa shape index (κ2) is 112. The van der Waals surface area contributed by atoms with E-state index in [0.29, 0.717) is 0 Å². The topological polar surface area (TPSA) is 277 Å². The van der Waals surface area contributed by atoms with E-state index in [1.165, 1.54) is 0 Å². The third-order valence-electron chi connectivity index (χ3n) is 0. The molecule has 0 aromatic carbocycles. The first kappa shape index (κ1) is 120. The van der Waals surface area contributed by atoms with Crippen LogP contribution in [0.3, 0.4) is 0 Å². The van der Waals surface area contributed by atoms with Gasteiger partial charge in [0, 0.05) is 0 Å². The predicted molar refractivity (Wildman–Crippen MR) is 41.2 cm³/mol.